The van der Waals surface area contributed by atoms with Crippen LogP contribution in [0.2, 0.25) is 0 Å². The van der Waals surface area contributed by atoms with Crippen LogP contribution in [0.5, 0.6) is 17.2 Å². The van der Waals surface area contributed by atoms with E-state index in [2.05, 4.69) is 4.90 Å². The second-order valence-electron chi connectivity index (χ2n) is 12.1. The van der Waals surface area contributed by atoms with Gasteiger partial charge >= 0.3 is 11.9 Å². The standard InChI is InChI=1S/C42H35NO6S/c44-39(29-14-18-33(19-15-29)47-27-26-43-24-8-3-9-25-43)38-36-23-22-35(49-42(46)32-12-6-2-7-13-32)28-37(36)50-40(38)30-16-20-34(21-17-30)48-41(45)31-10-4-1-5-11-31/h1-2,4-7,10-23,28H,3,8-9,24-27H2. The number of carbonyl (C=O) groups is 3. The molecule has 1 fully saturated rings. The van der Waals surface area contributed by atoms with E-state index >= 15 is 0 Å². The SMILES string of the molecule is O=C(Oc1ccc(-c2sc3cc(OC(=O)c4ccccc4)ccc3c2C(=O)c2ccc(OCCN3CCCCC3)cc2)cc1)c1ccccc1. The quantitative estimate of drug-likeness (QED) is 0.0767. The number of likely N-dealkylation sites (tertiary alicyclic amines) is 1. The van der Waals surface area contributed by atoms with Crippen LogP contribution in [0, 0.1) is 0 Å². The van der Waals surface area contributed by atoms with Crippen molar-refractivity contribution >= 4 is 39.1 Å². The maximum absolute atomic E-state index is 14.3. The number of thiophene rings is 1. The number of rotatable bonds is 11. The third kappa shape index (κ3) is 7.67. The lowest BCUT2D eigenvalue weighted by atomic mass is 9.97. The van der Waals surface area contributed by atoms with Crippen LogP contribution in [0.1, 0.15) is 55.9 Å². The molecule has 0 aliphatic carbocycles. The molecule has 6 aromatic rings. The maximum atomic E-state index is 14.3. The van der Waals surface area contributed by atoms with E-state index < -0.39 is 11.9 Å². The first-order chi connectivity index (χ1) is 24.5. The lowest BCUT2D eigenvalue weighted by Gasteiger charge is -2.26. The zero-order valence-corrected chi connectivity index (χ0v) is 28.2. The predicted octanol–water partition coefficient (Wildman–Crippen LogP) is 9.10. The van der Waals surface area contributed by atoms with E-state index in [1.165, 1.54) is 30.6 Å². The van der Waals surface area contributed by atoms with Crippen LogP contribution in [0.15, 0.2) is 127 Å². The number of hydrogen-bond donors (Lipinski definition) is 0. The number of nitrogens with zero attached hydrogens (tertiary/aromatic N) is 1. The van der Waals surface area contributed by atoms with Gasteiger partial charge in [-0.15, -0.1) is 11.3 Å². The Morgan fingerprint density at radius 2 is 1.18 bits per heavy atom. The second-order valence-corrected chi connectivity index (χ2v) is 13.2. The molecule has 1 aliphatic heterocycles. The lowest BCUT2D eigenvalue weighted by molar-refractivity contribution is 0.0725. The van der Waals surface area contributed by atoms with Crippen molar-refractivity contribution < 1.29 is 28.6 Å². The third-order valence-corrected chi connectivity index (χ3v) is 9.89. The zero-order chi connectivity index (χ0) is 34.3. The smallest absolute Gasteiger partial charge is 0.343 e. The van der Waals surface area contributed by atoms with Crippen LogP contribution in [-0.2, 0) is 0 Å². The number of hydrogen-bond acceptors (Lipinski definition) is 8. The number of benzene rings is 5. The first kappa shape index (κ1) is 33.0. The molecule has 0 amide bonds. The van der Waals surface area contributed by atoms with Crippen LogP contribution < -0.4 is 14.2 Å². The highest BCUT2D eigenvalue weighted by atomic mass is 32.1. The van der Waals surface area contributed by atoms with Crippen molar-refractivity contribution in [2.45, 2.75) is 19.3 Å². The number of ketones is 1. The molecule has 1 aliphatic rings. The molecule has 7 nitrogen and oxygen atoms in total. The van der Waals surface area contributed by atoms with Gasteiger partial charge in [-0.3, -0.25) is 9.69 Å². The van der Waals surface area contributed by atoms with E-state index in [4.69, 9.17) is 14.2 Å². The summed E-state index contributed by atoms with van der Waals surface area (Å²) in [5, 5.41) is 0.746. The Balaban J connectivity index is 1.16. The first-order valence-corrected chi connectivity index (χ1v) is 17.5. The summed E-state index contributed by atoms with van der Waals surface area (Å²) >= 11 is 1.43. The average Bonchev–Trinajstić information content (AvgIpc) is 3.55. The molecule has 0 atom stereocenters. The summed E-state index contributed by atoms with van der Waals surface area (Å²) in [5.74, 6) is 0.443. The van der Waals surface area contributed by atoms with Gasteiger partial charge in [-0.1, -0.05) is 42.8 Å². The number of fused-ring (bicyclic) bond motifs is 1. The summed E-state index contributed by atoms with van der Waals surface area (Å²) in [6.45, 7) is 3.72. The van der Waals surface area contributed by atoms with Crippen molar-refractivity contribution in [3.63, 3.8) is 0 Å². The van der Waals surface area contributed by atoms with Crippen LogP contribution >= 0.6 is 11.3 Å². The summed E-state index contributed by atoms with van der Waals surface area (Å²) in [5.41, 5.74) is 2.76. The largest absolute Gasteiger partial charge is 0.492 e. The molecule has 1 aromatic heterocycles. The van der Waals surface area contributed by atoms with Crippen LogP contribution in [0.25, 0.3) is 20.5 Å². The molecular weight excluding hydrogens is 647 g/mol. The minimum absolute atomic E-state index is 0.139. The van der Waals surface area contributed by atoms with E-state index in [0.717, 1.165) is 45.9 Å². The molecule has 0 spiro atoms. The Hall–Kier alpha value is -5.57. The molecule has 2 heterocycles. The van der Waals surface area contributed by atoms with Gasteiger partial charge in [0.15, 0.2) is 5.78 Å². The van der Waals surface area contributed by atoms with E-state index in [9.17, 15) is 14.4 Å². The molecule has 0 bridgehead atoms. The summed E-state index contributed by atoms with van der Waals surface area (Å²) in [7, 11) is 0. The molecule has 50 heavy (non-hydrogen) atoms. The van der Waals surface area contributed by atoms with Crippen molar-refractivity contribution in [3.8, 4) is 27.7 Å². The van der Waals surface area contributed by atoms with Crippen molar-refractivity contribution in [1.82, 2.24) is 4.90 Å². The second kappa shape index (κ2) is 15.3. The van der Waals surface area contributed by atoms with E-state index in [1.54, 1.807) is 84.9 Å². The molecule has 5 aromatic carbocycles. The maximum Gasteiger partial charge on any atom is 0.343 e. The fourth-order valence-corrected chi connectivity index (χ4v) is 7.28. The van der Waals surface area contributed by atoms with Crippen LogP contribution in [0.3, 0.4) is 0 Å². The van der Waals surface area contributed by atoms with Gasteiger partial charge in [0.25, 0.3) is 0 Å². The highest BCUT2D eigenvalue weighted by Crippen LogP contribution is 2.42. The average molecular weight is 682 g/mol. The minimum atomic E-state index is -0.461. The fourth-order valence-electron chi connectivity index (χ4n) is 6.05. The number of piperidine rings is 1. The topological polar surface area (TPSA) is 82.1 Å². The molecule has 7 rings (SSSR count). The van der Waals surface area contributed by atoms with Crippen molar-refractivity contribution in [2.75, 3.05) is 26.2 Å². The number of ether oxygens (including phenoxy) is 3. The highest BCUT2D eigenvalue weighted by molar-refractivity contribution is 7.22. The Morgan fingerprint density at radius 1 is 0.600 bits per heavy atom. The fraction of sp³-hybridized carbons (Fsp3) is 0.167. The van der Waals surface area contributed by atoms with Gasteiger partial charge in [-0.2, -0.15) is 0 Å². The van der Waals surface area contributed by atoms with E-state index in [1.807, 2.05) is 42.5 Å². The molecule has 0 unspecified atom stereocenters. The minimum Gasteiger partial charge on any atom is -0.492 e. The molecule has 0 N–H and O–H groups in total. The number of esters is 2. The van der Waals surface area contributed by atoms with Crippen molar-refractivity contribution in [1.29, 1.82) is 0 Å². The zero-order valence-electron chi connectivity index (χ0n) is 27.4. The van der Waals surface area contributed by atoms with E-state index in [0.29, 0.717) is 40.4 Å². The Bertz CT molecular complexity index is 2100. The van der Waals surface area contributed by atoms with Gasteiger partial charge in [0, 0.05) is 32.6 Å². The molecule has 1 saturated heterocycles. The summed E-state index contributed by atoms with van der Waals surface area (Å²) < 4.78 is 18.1. The monoisotopic (exact) mass is 681 g/mol. The van der Waals surface area contributed by atoms with Gasteiger partial charge in [-0.05, 0) is 122 Å². The molecule has 8 heteroatoms. The first-order valence-electron chi connectivity index (χ1n) is 16.7. The third-order valence-electron chi connectivity index (χ3n) is 8.69. The Kier molecular flexibility index (Phi) is 10.1. The predicted molar refractivity (Wildman–Crippen MR) is 196 cm³/mol. The lowest BCUT2D eigenvalue weighted by Crippen LogP contribution is -2.33. The van der Waals surface area contributed by atoms with Gasteiger partial charge < -0.3 is 14.2 Å². The van der Waals surface area contributed by atoms with Gasteiger partial charge in [-0.25, -0.2) is 9.59 Å². The number of carbonyl (C=O) groups excluding carboxylic acids is 3. The highest BCUT2D eigenvalue weighted by Gasteiger charge is 2.23. The van der Waals surface area contributed by atoms with E-state index in [-0.39, 0.29) is 5.78 Å². The van der Waals surface area contributed by atoms with Gasteiger partial charge in [0.2, 0.25) is 0 Å². The van der Waals surface area contributed by atoms with Crippen LogP contribution in [-0.4, -0.2) is 48.9 Å². The van der Waals surface area contributed by atoms with Crippen molar-refractivity contribution in [2.24, 2.45) is 0 Å². The Morgan fingerprint density at radius 3 is 1.82 bits per heavy atom. The van der Waals surface area contributed by atoms with Gasteiger partial charge in [0.05, 0.1) is 11.1 Å². The molecular formula is C42H35NO6S. The summed E-state index contributed by atoms with van der Waals surface area (Å²) in [6, 6.07) is 37.3. The normalized spacial score (nSPS) is 13.1. The molecule has 0 saturated carbocycles. The molecule has 0 radical (unpaired) electrons. The van der Waals surface area contributed by atoms with Gasteiger partial charge in [0.1, 0.15) is 23.9 Å². The van der Waals surface area contributed by atoms with Crippen LogP contribution in [0.4, 0.5) is 0 Å². The summed E-state index contributed by atoms with van der Waals surface area (Å²) in [6.07, 6.45) is 3.77. The Labute approximate surface area is 294 Å². The summed E-state index contributed by atoms with van der Waals surface area (Å²) in [4.78, 5) is 42.9. The molecule has 250 valence electrons. The van der Waals surface area contributed by atoms with Crippen molar-refractivity contribution in [3.05, 3.63) is 150 Å².